The zero-order valence-corrected chi connectivity index (χ0v) is 8.65. The number of hydrogen-bond donors (Lipinski definition) is 1. The highest BCUT2D eigenvalue weighted by Crippen LogP contribution is 2.30. The van der Waals surface area contributed by atoms with Crippen molar-refractivity contribution in [1.82, 2.24) is 4.98 Å². The summed E-state index contributed by atoms with van der Waals surface area (Å²) in [4.78, 5) is 13.5. The second-order valence-corrected chi connectivity index (χ2v) is 4.07. The second-order valence-electron chi connectivity index (χ2n) is 3.12. The summed E-state index contributed by atoms with van der Waals surface area (Å²) in [6.07, 6.45) is -4.54. The van der Waals surface area contributed by atoms with Crippen LogP contribution in [0.25, 0.3) is 10.4 Å². The van der Waals surface area contributed by atoms with Crippen LogP contribution in [0.4, 0.5) is 13.2 Å². The van der Waals surface area contributed by atoms with Crippen molar-refractivity contribution in [3.8, 4) is 10.4 Å². The molecular weight excluding hydrogens is 239 g/mol. The van der Waals surface area contributed by atoms with E-state index in [-0.39, 0.29) is 5.56 Å². The van der Waals surface area contributed by atoms with Gasteiger partial charge in [-0.05, 0) is 23.1 Å². The van der Waals surface area contributed by atoms with Crippen LogP contribution in [0.5, 0.6) is 0 Å². The third kappa shape index (κ3) is 2.16. The summed E-state index contributed by atoms with van der Waals surface area (Å²) in [6, 6.07) is 5.47. The Hall–Kier alpha value is -1.56. The van der Waals surface area contributed by atoms with Gasteiger partial charge >= 0.3 is 6.18 Å². The average molecular weight is 245 g/mol. The lowest BCUT2D eigenvalue weighted by molar-refractivity contribution is -0.141. The number of H-pyrrole nitrogens is 1. The van der Waals surface area contributed by atoms with E-state index in [0.29, 0.717) is 4.88 Å². The van der Waals surface area contributed by atoms with E-state index >= 15 is 0 Å². The summed E-state index contributed by atoms with van der Waals surface area (Å²) < 4.78 is 37.3. The molecule has 0 radical (unpaired) electrons. The van der Waals surface area contributed by atoms with Crippen molar-refractivity contribution in [1.29, 1.82) is 0 Å². The molecule has 0 saturated carbocycles. The fourth-order valence-corrected chi connectivity index (χ4v) is 2.00. The molecule has 2 heterocycles. The van der Waals surface area contributed by atoms with Crippen molar-refractivity contribution in [2.45, 2.75) is 6.18 Å². The summed E-state index contributed by atoms with van der Waals surface area (Å²) in [5.74, 6) is 0. The van der Waals surface area contributed by atoms with E-state index in [1.54, 1.807) is 22.5 Å². The number of aromatic amines is 1. The molecule has 16 heavy (non-hydrogen) atoms. The van der Waals surface area contributed by atoms with Crippen LogP contribution >= 0.6 is 11.3 Å². The van der Waals surface area contributed by atoms with Gasteiger partial charge in [-0.1, -0.05) is 6.07 Å². The van der Waals surface area contributed by atoms with Gasteiger partial charge in [0.15, 0.2) is 0 Å². The first kappa shape index (κ1) is 10.9. The van der Waals surface area contributed by atoms with Gasteiger partial charge in [-0.3, -0.25) is 4.79 Å². The Labute approximate surface area is 92.4 Å². The Morgan fingerprint density at radius 3 is 2.56 bits per heavy atom. The van der Waals surface area contributed by atoms with Crippen LogP contribution in [0, 0.1) is 0 Å². The van der Waals surface area contributed by atoms with Gasteiger partial charge in [-0.2, -0.15) is 13.2 Å². The minimum absolute atomic E-state index is 0.283. The van der Waals surface area contributed by atoms with Crippen LogP contribution in [0.15, 0.2) is 34.4 Å². The van der Waals surface area contributed by atoms with Crippen molar-refractivity contribution < 1.29 is 13.2 Å². The summed E-state index contributed by atoms with van der Waals surface area (Å²) in [6.45, 7) is 0. The molecule has 0 saturated heterocycles. The molecule has 2 rings (SSSR count). The largest absolute Gasteiger partial charge is 0.431 e. The first-order valence-electron chi connectivity index (χ1n) is 4.32. The van der Waals surface area contributed by atoms with Crippen molar-refractivity contribution in [3.63, 3.8) is 0 Å². The van der Waals surface area contributed by atoms with Gasteiger partial charge in [0.25, 0.3) is 0 Å². The zero-order chi connectivity index (χ0) is 11.8. The minimum atomic E-state index is -4.54. The number of hydrogen-bond acceptors (Lipinski definition) is 2. The normalized spacial score (nSPS) is 11.7. The van der Waals surface area contributed by atoms with Gasteiger partial charge < -0.3 is 4.98 Å². The standard InChI is InChI=1S/C10H6F3NOS/c11-10(12,13)8-4-6(5-9(15)14-8)7-2-1-3-16-7/h1-5H,(H,14,15). The number of halogens is 3. The number of alkyl halides is 3. The lowest BCUT2D eigenvalue weighted by Crippen LogP contribution is -2.15. The Kier molecular flexibility index (Phi) is 2.59. The van der Waals surface area contributed by atoms with E-state index in [1.165, 1.54) is 11.3 Å². The first-order valence-corrected chi connectivity index (χ1v) is 5.20. The first-order chi connectivity index (χ1) is 7.47. The van der Waals surface area contributed by atoms with E-state index < -0.39 is 17.4 Å². The van der Waals surface area contributed by atoms with Crippen molar-refractivity contribution >= 4 is 11.3 Å². The highest BCUT2D eigenvalue weighted by Gasteiger charge is 2.32. The van der Waals surface area contributed by atoms with Crippen LogP contribution in [0.3, 0.4) is 0 Å². The fourth-order valence-electron chi connectivity index (χ4n) is 1.28. The van der Waals surface area contributed by atoms with Crippen LogP contribution in [0.2, 0.25) is 0 Å². The maximum atomic E-state index is 12.4. The quantitative estimate of drug-likeness (QED) is 0.822. The molecule has 0 amide bonds. The average Bonchev–Trinajstić information content (AvgIpc) is 2.68. The molecule has 1 N–H and O–H groups in total. The van der Waals surface area contributed by atoms with E-state index in [2.05, 4.69) is 0 Å². The summed E-state index contributed by atoms with van der Waals surface area (Å²) in [5, 5.41) is 1.74. The number of nitrogens with one attached hydrogen (secondary N) is 1. The van der Waals surface area contributed by atoms with E-state index in [9.17, 15) is 18.0 Å². The van der Waals surface area contributed by atoms with E-state index in [0.717, 1.165) is 12.1 Å². The van der Waals surface area contributed by atoms with Crippen molar-refractivity contribution in [2.75, 3.05) is 0 Å². The van der Waals surface area contributed by atoms with Crippen LogP contribution in [-0.2, 0) is 6.18 Å². The minimum Gasteiger partial charge on any atom is -0.318 e. The van der Waals surface area contributed by atoms with Crippen LogP contribution in [-0.4, -0.2) is 4.98 Å². The summed E-state index contributed by atoms with van der Waals surface area (Å²) in [7, 11) is 0. The number of aromatic nitrogens is 1. The lowest BCUT2D eigenvalue weighted by atomic mass is 10.2. The fraction of sp³-hybridized carbons (Fsp3) is 0.100. The molecule has 0 aliphatic carbocycles. The molecule has 0 aliphatic heterocycles. The van der Waals surface area contributed by atoms with Gasteiger partial charge in [-0.25, -0.2) is 0 Å². The van der Waals surface area contributed by atoms with Gasteiger partial charge in [0.2, 0.25) is 5.56 Å². The molecule has 2 aromatic heterocycles. The third-order valence-corrected chi connectivity index (χ3v) is 2.87. The Balaban J connectivity index is 2.57. The van der Waals surface area contributed by atoms with E-state index in [4.69, 9.17) is 0 Å². The molecule has 6 heteroatoms. The number of rotatable bonds is 1. The van der Waals surface area contributed by atoms with Gasteiger partial charge in [-0.15, -0.1) is 11.3 Å². The third-order valence-electron chi connectivity index (χ3n) is 1.96. The summed E-state index contributed by atoms with van der Waals surface area (Å²) in [5.41, 5.74) is -1.49. The second kappa shape index (κ2) is 3.79. The monoisotopic (exact) mass is 245 g/mol. The Bertz CT molecular complexity index is 542. The molecule has 84 valence electrons. The van der Waals surface area contributed by atoms with E-state index in [1.807, 2.05) is 0 Å². The Morgan fingerprint density at radius 2 is 2.00 bits per heavy atom. The molecule has 0 aliphatic rings. The zero-order valence-electron chi connectivity index (χ0n) is 7.84. The van der Waals surface area contributed by atoms with Crippen molar-refractivity contribution in [2.24, 2.45) is 0 Å². The molecule has 0 atom stereocenters. The van der Waals surface area contributed by atoms with Crippen LogP contribution < -0.4 is 5.56 Å². The Morgan fingerprint density at radius 1 is 1.25 bits per heavy atom. The highest BCUT2D eigenvalue weighted by molar-refractivity contribution is 7.13. The van der Waals surface area contributed by atoms with Gasteiger partial charge in [0, 0.05) is 10.9 Å². The highest BCUT2D eigenvalue weighted by atomic mass is 32.1. The maximum absolute atomic E-state index is 12.4. The smallest absolute Gasteiger partial charge is 0.318 e. The molecule has 0 bridgehead atoms. The topological polar surface area (TPSA) is 32.9 Å². The molecule has 0 fully saturated rings. The number of thiophene rings is 1. The SMILES string of the molecule is O=c1cc(-c2cccs2)cc(C(F)(F)F)[nH]1. The predicted molar refractivity (Wildman–Crippen MR) is 55.4 cm³/mol. The number of pyridine rings is 1. The van der Waals surface area contributed by atoms with Gasteiger partial charge in [0.05, 0.1) is 0 Å². The summed E-state index contributed by atoms with van der Waals surface area (Å²) >= 11 is 1.28. The predicted octanol–water partition coefficient (Wildman–Crippen LogP) is 3.12. The van der Waals surface area contributed by atoms with Crippen molar-refractivity contribution in [3.05, 3.63) is 45.7 Å². The molecule has 2 nitrogen and oxygen atoms in total. The molecule has 0 spiro atoms. The van der Waals surface area contributed by atoms with Crippen LogP contribution in [0.1, 0.15) is 5.69 Å². The molecule has 2 aromatic rings. The maximum Gasteiger partial charge on any atom is 0.431 e. The lowest BCUT2D eigenvalue weighted by Gasteiger charge is -2.07. The molecule has 0 unspecified atom stereocenters. The molecular formula is C10H6F3NOS. The molecule has 0 aromatic carbocycles. The van der Waals surface area contributed by atoms with Gasteiger partial charge in [0.1, 0.15) is 5.69 Å².